The van der Waals surface area contributed by atoms with Gasteiger partial charge in [-0.1, -0.05) is 12.1 Å². The molecule has 52 heavy (non-hydrogen) atoms. The highest BCUT2D eigenvalue weighted by Crippen LogP contribution is 2.32. The highest BCUT2D eigenvalue weighted by molar-refractivity contribution is 8.93. The van der Waals surface area contributed by atoms with E-state index in [0.29, 0.717) is 50.2 Å². The van der Waals surface area contributed by atoms with Gasteiger partial charge < -0.3 is 23.8 Å². The number of carbonyl (C=O) groups is 2. The van der Waals surface area contributed by atoms with Crippen LogP contribution >= 0.6 is 17.0 Å². The zero-order valence-electron chi connectivity index (χ0n) is 28.6. The number of nitrogens with zero attached hydrogens (tertiary/aromatic N) is 5. The van der Waals surface area contributed by atoms with Crippen LogP contribution in [0.15, 0.2) is 66.9 Å². The summed E-state index contributed by atoms with van der Waals surface area (Å²) >= 11 is 0. The van der Waals surface area contributed by atoms with Crippen molar-refractivity contribution in [2.45, 2.75) is 27.0 Å². The van der Waals surface area contributed by atoms with Crippen molar-refractivity contribution in [2.75, 3.05) is 38.1 Å². The van der Waals surface area contributed by atoms with Gasteiger partial charge in [-0.2, -0.15) is 8.78 Å². The van der Waals surface area contributed by atoms with E-state index in [1.165, 1.54) is 37.5 Å². The zero-order valence-corrected chi connectivity index (χ0v) is 30.3. The van der Waals surface area contributed by atoms with Gasteiger partial charge in [0.15, 0.2) is 11.6 Å². The van der Waals surface area contributed by atoms with Gasteiger partial charge >= 0.3 is 6.61 Å². The molecule has 0 unspecified atom stereocenters. The number of anilines is 1. The van der Waals surface area contributed by atoms with E-state index in [-0.39, 0.29) is 40.2 Å². The molecule has 9 nitrogen and oxygen atoms in total. The van der Waals surface area contributed by atoms with Gasteiger partial charge in [0.05, 0.1) is 23.0 Å². The minimum absolute atomic E-state index is 0. The number of benzene rings is 3. The Morgan fingerprint density at radius 3 is 2.19 bits per heavy atom. The molecule has 1 aliphatic rings. The largest absolute Gasteiger partial charge is 0.439 e. The summed E-state index contributed by atoms with van der Waals surface area (Å²) in [5.41, 5.74) is 2.10. The SMILES string of the molecule is Br.Cc1c(F)cc(C(=O)N(C)c2ccc(Oc3ccc4c(C)c(C(=O)N5CCN(Cc6ccc(OC(F)F)cc6)CC5)n(C)c4c3)nc2)c(F)c1F. The normalized spacial score (nSPS) is 13.3. The molecule has 0 bridgehead atoms. The maximum Gasteiger partial charge on any atom is 0.387 e. The van der Waals surface area contributed by atoms with Gasteiger partial charge in [0.1, 0.15) is 23.0 Å². The number of fused-ring (bicyclic) bond motifs is 1. The van der Waals surface area contributed by atoms with E-state index in [1.54, 1.807) is 24.3 Å². The van der Waals surface area contributed by atoms with Gasteiger partial charge in [0, 0.05) is 69.9 Å². The van der Waals surface area contributed by atoms with Crippen molar-refractivity contribution in [3.8, 4) is 17.4 Å². The van der Waals surface area contributed by atoms with Gasteiger partial charge in [-0.25, -0.2) is 18.2 Å². The van der Waals surface area contributed by atoms with E-state index in [9.17, 15) is 31.5 Å². The molecule has 1 aliphatic heterocycles. The first-order valence-electron chi connectivity index (χ1n) is 16.0. The lowest BCUT2D eigenvalue weighted by atomic mass is 10.1. The predicted molar refractivity (Wildman–Crippen MR) is 190 cm³/mol. The fraction of sp³-hybridized carbons (Fsp3) is 0.270. The van der Waals surface area contributed by atoms with Crippen LogP contribution in [0.4, 0.5) is 27.6 Å². The van der Waals surface area contributed by atoms with Gasteiger partial charge in [-0.3, -0.25) is 14.5 Å². The lowest BCUT2D eigenvalue weighted by Crippen LogP contribution is -2.48. The number of amides is 2. The van der Waals surface area contributed by atoms with Gasteiger partial charge in [0.25, 0.3) is 11.8 Å². The Bertz CT molecular complexity index is 2100. The van der Waals surface area contributed by atoms with Crippen LogP contribution < -0.4 is 14.4 Å². The van der Waals surface area contributed by atoms with Crippen LogP contribution in [0.3, 0.4) is 0 Å². The maximum atomic E-state index is 14.4. The molecule has 0 radical (unpaired) electrons. The number of pyridine rings is 1. The monoisotopic (exact) mass is 787 g/mol. The first-order valence-corrected chi connectivity index (χ1v) is 16.0. The van der Waals surface area contributed by atoms with Crippen molar-refractivity contribution in [2.24, 2.45) is 7.05 Å². The summed E-state index contributed by atoms with van der Waals surface area (Å²) in [4.78, 5) is 35.9. The van der Waals surface area contributed by atoms with Gasteiger partial charge in [-0.15, -0.1) is 17.0 Å². The number of carbonyl (C=O) groups excluding carboxylic acids is 2. The van der Waals surface area contributed by atoms with Crippen molar-refractivity contribution < 1.29 is 41.0 Å². The Balaban J connectivity index is 0.00000523. The lowest BCUT2D eigenvalue weighted by molar-refractivity contribution is -0.0498. The van der Waals surface area contributed by atoms with E-state index in [2.05, 4.69) is 14.6 Å². The summed E-state index contributed by atoms with van der Waals surface area (Å²) in [5, 5.41) is 0.880. The summed E-state index contributed by atoms with van der Waals surface area (Å²) in [5.74, 6) is -4.18. The molecular weight excluding hydrogens is 753 g/mol. The molecule has 0 atom stereocenters. The summed E-state index contributed by atoms with van der Waals surface area (Å²) in [6, 6.07) is 15.6. The van der Waals surface area contributed by atoms with E-state index >= 15 is 0 Å². The summed E-state index contributed by atoms with van der Waals surface area (Å²) in [7, 11) is 3.15. The number of hydrogen-bond acceptors (Lipinski definition) is 6. The van der Waals surface area contributed by atoms with Crippen molar-refractivity contribution in [1.29, 1.82) is 0 Å². The smallest absolute Gasteiger partial charge is 0.387 e. The number of rotatable bonds is 9. The molecule has 0 N–H and O–H groups in total. The Labute approximate surface area is 306 Å². The minimum atomic E-state index is -2.87. The molecule has 5 aromatic rings. The van der Waals surface area contributed by atoms with Crippen molar-refractivity contribution in [3.05, 3.63) is 112 Å². The molecular formula is C37H35BrF5N5O4. The second kappa shape index (κ2) is 15.7. The molecule has 2 amide bonds. The van der Waals surface area contributed by atoms with Crippen LogP contribution in [0, 0.1) is 31.3 Å². The molecule has 0 saturated carbocycles. The molecule has 2 aromatic heterocycles. The molecule has 3 aromatic carbocycles. The van der Waals surface area contributed by atoms with Gasteiger partial charge in [-0.05, 0) is 61.4 Å². The van der Waals surface area contributed by atoms with Crippen molar-refractivity contribution in [1.82, 2.24) is 19.4 Å². The third kappa shape index (κ3) is 7.75. The molecule has 0 spiro atoms. The molecule has 0 aliphatic carbocycles. The first kappa shape index (κ1) is 38.2. The number of ether oxygens (including phenoxy) is 2. The quantitative estimate of drug-likeness (QED) is 0.112. The predicted octanol–water partition coefficient (Wildman–Crippen LogP) is 7.81. The third-order valence-electron chi connectivity index (χ3n) is 9.10. The maximum absolute atomic E-state index is 14.4. The van der Waals surface area contributed by atoms with Crippen molar-refractivity contribution in [3.63, 3.8) is 0 Å². The molecule has 6 rings (SSSR count). The van der Waals surface area contributed by atoms with Crippen LogP contribution in [-0.4, -0.2) is 71.0 Å². The standard InChI is InChI=1S/C37H34F5N5O4.BrH/c1-21-27-11-10-26(50-31-12-7-24(19-43-31)44(3)35(48)28-18-29(38)22(2)32(39)33(28)40)17-30(27)45(4)34(21)36(49)47-15-13-46(14-16-47)20-23-5-8-25(9-6-23)51-37(41)42;/h5-12,17-19,37H,13-16,20H2,1-4H3;1H. The van der Waals surface area contributed by atoms with Gasteiger partial charge in [0.2, 0.25) is 5.88 Å². The topological polar surface area (TPSA) is 80.1 Å². The average molecular weight is 789 g/mol. The number of halogens is 6. The van der Waals surface area contributed by atoms with Crippen LogP contribution in [-0.2, 0) is 13.6 Å². The van der Waals surface area contributed by atoms with E-state index in [1.807, 2.05) is 29.5 Å². The number of hydrogen-bond donors (Lipinski definition) is 0. The minimum Gasteiger partial charge on any atom is -0.439 e. The Hall–Kier alpha value is -5.02. The second-order valence-electron chi connectivity index (χ2n) is 12.3. The molecule has 274 valence electrons. The fourth-order valence-corrected chi connectivity index (χ4v) is 6.16. The Morgan fingerprint density at radius 1 is 0.885 bits per heavy atom. The van der Waals surface area contributed by atoms with Crippen LogP contribution in [0.2, 0.25) is 0 Å². The van der Waals surface area contributed by atoms with E-state index in [0.717, 1.165) is 33.9 Å². The van der Waals surface area contributed by atoms with Crippen LogP contribution in [0.25, 0.3) is 10.9 Å². The van der Waals surface area contributed by atoms with E-state index in [4.69, 9.17) is 4.74 Å². The highest BCUT2D eigenvalue weighted by Gasteiger charge is 2.28. The number of aromatic nitrogens is 2. The summed E-state index contributed by atoms with van der Waals surface area (Å²) in [6.45, 7) is 3.08. The Kier molecular flexibility index (Phi) is 11.5. The number of alkyl halides is 2. The molecule has 1 saturated heterocycles. The average Bonchev–Trinajstić information content (AvgIpc) is 3.37. The lowest BCUT2D eigenvalue weighted by Gasteiger charge is -2.35. The molecule has 15 heteroatoms. The summed E-state index contributed by atoms with van der Waals surface area (Å²) in [6.07, 6.45) is 1.31. The highest BCUT2D eigenvalue weighted by atomic mass is 79.9. The van der Waals surface area contributed by atoms with Crippen LogP contribution in [0.5, 0.6) is 17.4 Å². The molecule has 1 fully saturated rings. The van der Waals surface area contributed by atoms with E-state index < -0.39 is 41.1 Å². The Morgan fingerprint density at radius 2 is 1.56 bits per heavy atom. The third-order valence-corrected chi connectivity index (χ3v) is 9.10. The van der Waals surface area contributed by atoms with Crippen LogP contribution in [0.1, 0.15) is 37.5 Å². The van der Waals surface area contributed by atoms with Crippen molar-refractivity contribution >= 4 is 45.4 Å². The fourth-order valence-electron chi connectivity index (χ4n) is 6.16. The molecule has 3 heterocycles. The second-order valence-corrected chi connectivity index (χ2v) is 12.3. The summed E-state index contributed by atoms with van der Waals surface area (Å²) < 4.78 is 79.6. The zero-order chi connectivity index (χ0) is 36.6. The first-order chi connectivity index (χ1) is 24.3. The number of aryl methyl sites for hydroxylation is 2. The number of piperazine rings is 1.